The topological polar surface area (TPSA) is 74.9 Å². The van der Waals surface area contributed by atoms with Crippen molar-refractivity contribution < 1.29 is 18.8 Å². The predicted octanol–water partition coefficient (Wildman–Crippen LogP) is 3.52. The number of rotatable bonds is 4. The second-order valence-corrected chi connectivity index (χ2v) is 7.60. The van der Waals surface area contributed by atoms with Crippen LogP contribution >= 0.6 is 12.2 Å². The minimum atomic E-state index is -0.958. The smallest absolute Gasteiger partial charge is 0.272 e. The van der Waals surface area contributed by atoms with Crippen molar-refractivity contribution in [2.24, 2.45) is 0 Å². The van der Waals surface area contributed by atoms with E-state index >= 15 is 0 Å². The Bertz CT molecular complexity index is 1170. The van der Waals surface area contributed by atoms with Gasteiger partial charge in [-0.05, 0) is 68.2 Å². The SMILES string of the molecule is [C-]#[N+]c1ncc(N2C(=O)C3(CCC3)N(c3ccc(C(=O)C=O)c(F)c3)C2=S)cc1C. The monoisotopic (exact) mass is 422 g/mol. The van der Waals surface area contributed by atoms with Crippen LogP contribution in [-0.2, 0) is 9.59 Å². The maximum absolute atomic E-state index is 14.5. The number of amides is 1. The second-order valence-electron chi connectivity index (χ2n) is 7.24. The lowest BCUT2D eigenvalue weighted by molar-refractivity contribution is -0.123. The zero-order valence-corrected chi connectivity index (χ0v) is 16.7. The van der Waals surface area contributed by atoms with Crippen molar-refractivity contribution in [3.05, 3.63) is 58.8 Å². The first-order valence-corrected chi connectivity index (χ1v) is 9.57. The molecule has 4 rings (SSSR count). The first-order chi connectivity index (χ1) is 14.3. The Kier molecular flexibility index (Phi) is 4.67. The fourth-order valence-electron chi connectivity index (χ4n) is 3.91. The number of hydrogen-bond donors (Lipinski definition) is 0. The molecule has 30 heavy (non-hydrogen) atoms. The lowest BCUT2D eigenvalue weighted by Crippen LogP contribution is -2.55. The van der Waals surface area contributed by atoms with Gasteiger partial charge in [-0.2, -0.15) is 0 Å². The summed E-state index contributed by atoms with van der Waals surface area (Å²) in [6.07, 6.45) is 3.39. The second kappa shape index (κ2) is 7.07. The van der Waals surface area contributed by atoms with Crippen LogP contribution in [0.3, 0.4) is 0 Å². The molecule has 1 saturated heterocycles. The molecule has 1 aliphatic heterocycles. The largest absolute Gasteiger partial charge is 0.360 e. The summed E-state index contributed by atoms with van der Waals surface area (Å²) >= 11 is 5.60. The van der Waals surface area contributed by atoms with Crippen LogP contribution in [0.5, 0.6) is 0 Å². The maximum Gasteiger partial charge on any atom is 0.272 e. The molecule has 0 N–H and O–H groups in total. The number of aldehydes is 1. The van der Waals surface area contributed by atoms with E-state index in [2.05, 4.69) is 9.83 Å². The zero-order chi connectivity index (χ0) is 21.6. The number of aromatic nitrogens is 1. The molecule has 150 valence electrons. The maximum atomic E-state index is 14.5. The molecule has 2 aromatic rings. The van der Waals surface area contributed by atoms with Gasteiger partial charge in [0.15, 0.2) is 11.4 Å². The summed E-state index contributed by atoms with van der Waals surface area (Å²) < 4.78 is 14.5. The predicted molar refractivity (Wildman–Crippen MR) is 111 cm³/mol. The van der Waals surface area contributed by atoms with Gasteiger partial charge in [0, 0.05) is 5.69 Å². The molecule has 2 heterocycles. The number of Topliss-reactive ketones (excluding diaryl/α,β-unsaturated/α-hetero) is 1. The van der Waals surface area contributed by atoms with Crippen LogP contribution in [0.1, 0.15) is 35.2 Å². The molecule has 1 saturated carbocycles. The Balaban J connectivity index is 1.79. The highest BCUT2D eigenvalue weighted by atomic mass is 32.1. The zero-order valence-electron chi connectivity index (χ0n) is 15.9. The van der Waals surface area contributed by atoms with Crippen LogP contribution in [0.4, 0.5) is 21.6 Å². The van der Waals surface area contributed by atoms with Gasteiger partial charge in [-0.15, -0.1) is 4.98 Å². The summed E-state index contributed by atoms with van der Waals surface area (Å²) in [6, 6.07) is 5.49. The number of anilines is 2. The van der Waals surface area contributed by atoms with Gasteiger partial charge < -0.3 is 9.74 Å². The van der Waals surface area contributed by atoms with E-state index in [4.69, 9.17) is 18.8 Å². The molecule has 9 heteroatoms. The van der Waals surface area contributed by atoms with Crippen molar-refractivity contribution in [3.63, 3.8) is 0 Å². The number of nitrogens with zero attached hydrogens (tertiary/aromatic N) is 4. The van der Waals surface area contributed by atoms with Gasteiger partial charge in [0.1, 0.15) is 17.6 Å². The van der Waals surface area contributed by atoms with Crippen molar-refractivity contribution in [3.8, 4) is 0 Å². The normalized spacial score (nSPS) is 17.1. The quantitative estimate of drug-likeness (QED) is 0.247. The molecule has 1 spiro atoms. The summed E-state index contributed by atoms with van der Waals surface area (Å²) in [5.74, 6) is -1.81. The first-order valence-electron chi connectivity index (χ1n) is 9.16. The van der Waals surface area contributed by atoms with Gasteiger partial charge >= 0.3 is 0 Å². The highest BCUT2D eigenvalue weighted by molar-refractivity contribution is 7.81. The van der Waals surface area contributed by atoms with Gasteiger partial charge in [-0.3, -0.25) is 19.3 Å². The van der Waals surface area contributed by atoms with Crippen molar-refractivity contribution >= 4 is 52.5 Å². The Hall–Kier alpha value is -3.51. The number of carbonyl (C=O) groups is 3. The molecule has 2 fully saturated rings. The average Bonchev–Trinajstić information content (AvgIpc) is 2.94. The van der Waals surface area contributed by atoms with Crippen molar-refractivity contribution in [1.82, 2.24) is 4.98 Å². The van der Waals surface area contributed by atoms with E-state index in [-0.39, 0.29) is 28.7 Å². The van der Waals surface area contributed by atoms with Gasteiger partial charge in [0.05, 0.1) is 11.3 Å². The van der Waals surface area contributed by atoms with Gasteiger partial charge in [-0.25, -0.2) is 4.39 Å². The molecule has 0 atom stereocenters. The molecule has 1 aliphatic carbocycles. The van der Waals surface area contributed by atoms with E-state index in [0.29, 0.717) is 29.8 Å². The third-order valence-electron chi connectivity index (χ3n) is 5.58. The third-order valence-corrected chi connectivity index (χ3v) is 5.94. The molecule has 2 aliphatic rings. The summed E-state index contributed by atoms with van der Waals surface area (Å²) in [6.45, 7) is 8.86. The highest BCUT2D eigenvalue weighted by Gasteiger charge is 2.59. The number of aryl methyl sites for hydroxylation is 1. The molecular formula is C21H15FN4O3S. The lowest BCUT2D eigenvalue weighted by Gasteiger charge is -2.43. The minimum absolute atomic E-state index is 0.0550. The number of pyridine rings is 1. The number of hydrogen-bond acceptors (Lipinski definition) is 5. The first kappa shape index (κ1) is 19.8. The van der Waals surface area contributed by atoms with Crippen LogP contribution in [0.15, 0.2) is 30.5 Å². The number of thiocarbonyl (C=S) groups is 1. The molecule has 0 bridgehead atoms. The van der Waals surface area contributed by atoms with E-state index < -0.39 is 17.1 Å². The van der Waals surface area contributed by atoms with Crippen molar-refractivity contribution in [1.29, 1.82) is 0 Å². The molecule has 7 nitrogen and oxygen atoms in total. The summed E-state index contributed by atoms with van der Waals surface area (Å²) in [5.41, 5.74) is 0.127. The van der Waals surface area contributed by atoms with E-state index in [1.54, 1.807) is 17.9 Å². The number of halogens is 1. The Morgan fingerprint density at radius 2 is 2.07 bits per heavy atom. The molecule has 1 aromatic carbocycles. The molecular weight excluding hydrogens is 407 g/mol. The van der Waals surface area contributed by atoms with Gasteiger partial charge in [0.2, 0.25) is 5.78 Å². The molecule has 0 unspecified atom stereocenters. The van der Waals surface area contributed by atoms with Crippen LogP contribution in [0.25, 0.3) is 4.85 Å². The molecule has 1 amide bonds. The van der Waals surface area contributed by atoms with Crippen molar-refractivity contribution in [2.45, 2.75) is 31.7 Å². The Labute approximate surface area is 176 Å². The number of benzene rings is 1. The number of carbonyl (C=O) groups excluding carboxylic acids is 3. The Morgan fingerprint density at radius 1 is 1.33 bits per heavy atom. The third kappa shape index (κ3) is 2.72. The standard InChI is InChI=1S/C21H15FN4O3S/c1-12-8-14(10-24-18(12)23-2)25-19(29)21(6-3-7-21)26(20(25)30)13-4-5-15(16(22)9-13)17(28)11-27/h4-5,8-11H,3,6-7H2,1H3. The van der Waals surface area contributed by atoms with E-state index in [0.717, 1.165) is 12.5 Å². The van der Waals surface area contributed by atoms with Crippen molar-refractivity contribution in [2.75, 3.05) is 9.80 Å². The van der Waals surface area contributed by atoms with Gasteiger partial charge in [-0.1, -0.05) is 6.57 Å². The summed E-state index contributed by atoms with van der Waals surface area (Å²) in [4.78, 5) is 46.1. The van der Waals surface area contributed by atoms with E-state index in [1.165, 1.54) is 23.2 Å². The minimum Gasteiger partial charge on any atom is -0.360 e. The fourth-order valence-corrected chi connectivity index (χ4v) is 4.38. The molecule has 0 radical (unpaired) electrons. The average molecular weight is 422 g/mol. The lowest BCUT2D eigenvalue weighted by atomic mass is 9.75. The van der Waals surface area contributed by atoms with Crippen LogP contribution in [0.2, 0.25) is 0 Å². The fraction of sp³-hybridized carbons (Fsp3) is 0.238. The summed E-state index contributed by atoms with van der Waals surface area (Å²) in [5, 5.41) is 0.172. The van der Waals surface area contributed by atoms with Crippen LogP contribution < -0.4 is 9.80 Å². The van der Waals surface area contributed by atoms with E-state index in [1.807, 2.05) is 0 Å². The van der Waals surface area contributed by atoms with E-state index in [9.17, 15) is 18.8 Å². The Morgan fingerprint density at radius 3 is 2.60 bits per heavy atom. The van der Waals surface area contributed by atoms with Gasteiger partial charge in [0.25, 0.3) is 11.7 Å². The van der Waals surface area contributed by atoms with Crippen LogP contribution in [0, 0.1) is 19.3 Å². The van der Waals surface area contributed by atoms with Crippen LogP contribution in [-0.4, -0.2) is 33.6 Å². The number of ketones is 1. The molecule has 1 aromatic heterocycles. The summed E-state index contributed by atoms with van der Waals surface area (Å²) in [7, 11) is 0. The highest BCUT2D eigenvalue weighted by Crippen LogP contribution is 2.48.